The Balaban J connectivity index is 1.38. The predicted octanol–water partition coefficient (Wildman–Crippen LogP) is 3.79. The van der Waals surface area contributed by atoms with Crippen molar-refractivity contribution in [1.82, 2.24) is 15.3 Å². The fraction of sp³-hybridized carbons (Fsp3) is 0.385. The fourth-order valence-corrected chi connectivity index (χ4v) is 4.50. The number of aromatic amines is 1. The van der Waals surface area contributed by atoms with Crippen molar-refractivity contribution in [3.63, 3.8) is 0 Å². The van der Waals surface area contributed by atoms with Gasteiger partial charge >= 0.3 is 0 Å². The zero-order valence-corrected chi connectivity index (χ0v) is 20.0. The Morgan fingerprint density at radius 1 is 1.31 bits per heavy atom. The first kappa shape index (κ1) is 24.4. The van der Waals surface area contributed by atoms with Crippen molar-refractivity contribution in [2.24, 2.45) is 0 Å². The third-order valence-corrected chi connectivity index (χ3v) is 6.29. The summed E-state index contributed by atoms with van der Waals surface area (Å²) in [7, 11) is 0. The van der Waals surface area contributed by atoms with Crippen molar-refractivity contribution in [3.8, 4) is 17.1 Å². The van der Waals surface area contributed by atoms with Crippen LogP contribution >= 0.6 is 0 Å². The lowest BCUT2D eigenvalue weighted by Gasteiger charge is -2.17. The molecule has 0 radical (unpaired) electrons. The lowest BCUT2D eigenvalue weighted by molar-refractivity contribution is 0.0273. The van der Waals surface area contributed by atoms with Gasteiger partial charge in [0.1, 0.15) is 17.4 Å². The van der Waals surface area contributed by atoms with E-state index in [1.54, 1.807) is 44.3 Å². The van der Waals surface area contributed by atoms with Gasteiger partial charge in [-0.1, -0.05) is 24.3 Å². The van der Waals surface area contributed by atoms with E-state index in [1.807, 2.05) is 0 Å². The van der Waals surface area contributed by atoms with E-state index in [-0.39, 0.29) is 40.9 Å². The van der Waals surface area contributed by atoms with Crippen molar-refractivity contribution >= 4 is 22.8 Å². The van der Waals surface area contributed by atoms with Gasteiger partial charge in [0.25, 0.3) is 6.01 Å². The molecule has 4 N–H and O–H groups in total. The van der Waals surface area contributed by atoms with Gasteiger partial charge in [0.15, 0.2) is 11.9 Å². The molecule has 2 aromatic carbocycles. The van der Waals surface area contributed by atoms with Crippen molar-refractivity contribution in [2.75, 3.05) is 19.8 Å². The van der Waals surface area contributed by atoms with Crippen molar-refractivity contribution in [2.45, 2.75) is 44.2 Å². The second kappa shape index (κ2) is 9.61. The Morgan fingerprint density at radius 3 is 2.81 bits per heavy atom. The Hall–Kier alpha value is -3.34. The highest BCUT2D eigenvalue weighted by Gasteiger charge is 2.43. The summed E-state index contributed by atoms with van der Waals surface area (Å²) in [5.41, 5.74) is 0.633. The van der Waals surface area contributed by atoms with E-state index in [0.717, 1.165) is 6.42 Å². The number of nitrogens with one attached hydrogen (secondary N) is 3. The minimum atomic E-state index is -0.907. The minimum Gasteiger partial charge on any atom is -0.456 e. The molecule has 3 aromatic rings. The molecule has 1 unspecified atom stereocenters. The van der Waals surface area contributed by atoms with Crippen LogP contribution in [0.5, 0.6) is 6.01 Å². The molecule has 0 amide bonds. The summed E-state index contributed by atoms with van der Waals surface area (Å²) < 4.78 is 47.7. The summed E-state index contributed by atoms with van der Waals surface area (Å²) >= 11 is 0. The maximum Gasteiger partial charge on any atom is 0.295 e. The molecule has 5 rings (SSSR count). The molecular weight excluding hydrogens is 470 g/mol. The third-order valence-electron chi connectivity index (χ3n) is 6.29. The SMILES string of the molecule is CC(C)(O)CN/C=C(\C=N)c1ccc(-c2c(F)cc3[nH]c(OC4CO[C@@H]5CCO[C@H]45)nc3c2F)cc1. The van der Waals surface area contributed by atoms with Crippen LogP contribution in [0.1, 0.15) is 25.8 Å². The average Bonchev–Trinajstić information content (AvgIpc) is 3.54. The normalized spacial score (nSPS) is 22.1. The van der Waals surface area contributed by atoms with Crippen LogP contribution in [-0.4, -0.2) is 65.0 Å². The van der Waals surface area contributed by atoms with Crippen LogP contribution in [0.15, 0.2) is 36.5 Å². The molecule has 36 heavy (non-hydrogen) atoms. The van der Waals surface area contributed by atoms with Crippen LogP contribution < -0.4 is 10.1 Å². The molecule has 0 bridgehead atoms. The van der Waals surface area contributed by atoms with E-state index in [9.17, 15) is 5.11 Å². The zero-order chi connectivity index (χ0) is 25.4. The highest BCUT2D eigenvalue weighted by molar-refractivity contribution is 6.08. The Kier molecular flexibility index (Phi) is 6.50. The van der Waals surface area contributed by atoms with Crippen molar-refractivity contribution in [3.05, 3.63) is 53.7 Å². The minimum absolute atomic E-state index is 0.0107. The molecule has 1 aromatic heterocycles. The monoisotopic (exact) mass is 498 g/mol. The molecule has 2 aliphatic heterocycles. The lowest BCUT2D eigenvalue weighted by atomic mass is 9.99. The molecule has 0 saturated carbocycles. The van der Waals surface area contributed by atoms with Crippen molar-refractivity contribution in [1.29, 1.82) is 5.41 Å². The fourth-order valence-electron chi connectivity index (χ4n) is 4.50. The van der Waals surface area contributed by atoms with Gasteiger partial charge in [-0.15, -0.1) is 0 Å². The largest absolute Gasteiger partial charge is 0.456 e. The smallest absolute Gasteiger partial charge is 0.295 e. The molecule has 8 nitrogen and oxygen atoms in total. The zero-order valence-electron chi connectivity index (χ0n) is 20.0. The predicted molar refractivity (Wildman–Crippen MR) is 131 cm³/mol. The number of hydrogen-bond acceptors (Lipinski definition) is 7. The third kappa shape index (κ3) is 4.84. The number of halogens is 2. The van der Waals surface area contributed by atoms with E-state index >= 15 is 8.78 Å². The van der Waals surface area contributed by atoms with E-state index in [0.29, 0.717) is 36.5 Å². The number of aromatic nitrogens is 2. The standard InChI is InChI=1S/C26H28F2N4O4/c1-26(2,33)13-30-11-16(10-29)14-3-5-15(6-4-14)21-17(27)9-18-23(22(21)28)32-25(31-18)36-20-12-35-19-7-8-34-24(19)20/h3-6,9-11,19-20,24,29-30,33H,7-8,12-13H2,1-2H3,(H,31,32)/b16-11+,29-10?/t19-,20?,24+/m1/s1. The number of fused-ring (bicyclic) bond motifs is 2. The molecule has 0 aliphatic carbocycles. The molecule has 3 atom stereocenters. The molecule has 3 heterocycles. The summed E-state index contributed by atoms with van der Waals surface area (Å²) in [6.07, 6.45) is 3.02. The molecule has 0 spiro atoms. The van der Waals surface area contributed by atoms with Crippen LogP contribution in [-0.2, 0) is 9.47 Å². The second-order valence-electron chi connectivity index (χ2n) is 9.65. The first-order valence-corrected chi connectivity index (χ1v) is 11.8. The molecule has 190 valence electrons. The molecule has 2 saturated heterocycles. The highest BCUT2D eigenvalue weighted by Crippen LogP contribution is 2.34. The van der Waals surface area contributed by atoms with Gasteiger partial charge < -0.3 is 35.0 Å². The number of H-pyrrole nitrogens is 1. The van der Waals surface area contributed by atoms with Crippen LogP contribution in [0.3, 0.4) is 0 Å². The Labute approximate surface area is 206 Å². The van der Waals surface area contributed by atoms with Gasteiger partial charge in [-0.2, -0.15) is 4.98 Å². The summed E-state index contributed by atoms with van der Waals surface area (Å²) in [6, 6.07) is 7.82. The number of hydrogen-bond donors (Lipinski definition) is 4. The number of benzene rings is 2. The number of nitrogens with zero attached hydrogens (tertiary/aromatic N) is 1. The van der Waals surface area contributed by atoms with Gasteiger partial charge in [-0.25, -0.2) is 8.78 Å². The second-order valence-corrected chi connectivity index (χ2v) is 9.65. The van der Waals surface area contributed by atoms with E-state index in [4.69, 9.17) is 19.6 Å². The average molecular weight is 499 g/mol. The molecular formula is C26H28F2N4O4. The first-order chi connectivity index (χ1) is 17.2. The van der Waals surface area contributed by atoms with E-state index in [2.05, 4.69) is 15.3 Å². The van der Waals surface area contributed by atoms with Gasteiger partial charge in [0.2, 0.25) is 0 Å². The van der Waals surface area contributed by atoms with Gasteiger partial charge in [0, 0.05) is 37.2 Å². The highest BCUT2D eigenvalue weighted by atomic mass is 19.1. The number of rotatable bonds is 8. The summed E-state index contributed by atoms with van der Waals surface area (Å²) in [5, 5.41) is 20.5. The molecule has 2 aliphatic rings. The number of allylic oxidation sites excluding steroid dienone is 1. The van der Waals surface area contributed by atoms with Crippen LogP contribution in [0.2, 0.25) is 0 Å². The first-order valence-electron chi connectivity index (χ1n) is 11.8. The molecule has 10 heteroatoms. The number of imidazole rings is 1. The van der Waals surface area contributed by atoms with Gasteiger partial charge in [0.05, 0.1) is 29.4 Å². The summed E-state index contributed by atoms with van der Waals surface area (Å²) in [4.78, 5) is 7.07. The number of aliphatic hydroxyl groups is 1. The number of ether oxygens (including phenoxy) is 3. The van der Waals surface area contributed by atoms with Crippen LogP contribution in [0.4, 0.5) is 8.78 Å². The summed E-state index contributed by atoms with van der Waals surface area (Å²) in [6.45, 7) is 4.59. The maximum atomic E-state index is 15.5. The van der Waals surface area contributed by atoms with Gasteiger partial charge in [-0.05, 0) is 31.4 Å². The van der Waals surface area contributed by atoms with Crippen molar-refractivity contribution < 1.29 is 28.1 Å². The summed E-state index contributed by atoms with van der Waals surface area (Å²) in [5.74, 6) is -1.53. The van der Waals surface area contributed by atoms with Gasteiger partial charge in [-0.3, -0.25) is 0 Å². The maximum absolute atomic E-state index is 15.5. The Bertz CT molecular complexity index is 1300. The molecule has 2 fully saturated rings. The quantitative estimate of drug-likeness (QED) is 0.352. The van der Waals surface area contributed by atoms with Crippen LogP contribution in [0.25, 0.3) is 27.7 Å². The van der Waals surface area contributed by atoms with E-state index < -0.39 is 17.2 Å². The lowest BCUT2D eigenvalue weighted by Crippen LogP contribution is -2.32. The van der Waals surface area contributed by atoms with E-state index in [1.165, 1.54) is 12.3 Å². The topological polar surface area (TPSA) is 112 Å². The Morgan fingerprint density at radius 2 is 2.08 bits per heavy atom. The van der Waals surface area contributed by atoms with Crippen LogP contribution in [0, 0.1) is 17.0 Å².